The molecule has 17 heavy (non-hydrogen) atoms. The Labute approximate surface area is 104 Å². The third-order valence-corrected chi connectivity index (χ3v) is 3.39. The molecule has 0 atom stereocenters. The Morgan fingerprint density at radius 2 is 1.94 bits per heavy atom. The summed E-state index contributed by atoms with van der Waals surface area (Å²) in [6.07, 6.45) is 12.2. The van der Waals surface area contributed by atoms with Crippen LogP contribution in [0.4, 0.5) is 0 Å². The van der Waals surface area contributed by atoms with E-state index in [9.17, 15) is 10.1 Å². The predicted octanol–water partition coefficient (Wildman–Crippen LogP) is 2.38. The van der Waals surface area contributed by atoms with Gasteiger partial charge in [-0.05, 0) is 19.3 Å². The van der Waals surface area contributed by atoms with Crippen molar-refractivity contribution in [1.29, 1.82) is 5.26 Å². The summed E-state index contributed by atoms with van der Waals surface area (Å²) >= 11 is 0. The summed E-state index contributed by atoms with van der Waals surface area (Å²) in [6.45, 7) is 0.576. The van der Waals surface area contributed by atoms with E-state index < -0.39 is 5.41 Å². The molecule has 0 heterocycles. The average Bonchev–Trinajstić information content (AvgIpc) is 2.60. The molecule has 1 N–H and O–H groups in total. The van der Waals surface area contributed by atoms with E-state index in [1.807, 2.05) is 0 Å². The SMILES string of the molecule is C#CCCCNC(=O)C1(C#N)CCCCCC1. The second-order valence-electron chi connectivity index (χ2n) is 4.67. The molecular weight excluding hydrogens is 212 g/mol. The van der Waals surface area contributed by atoms with E-state index >= 15 is 0 Å². The average molecular weight is 232 g/mol. The minimum Gasteiger partial charge on any atom is -0.355 e. The fourth-order valence-corrected chi connectivity index (χ4v) is 2.28. The lowest BCUT2D eigenvalue weighted by Crippen LogP contribution is -2.40. The van der Waals surface area contributed by atoms with Gasteiger partial charge in [0, 0.05) is 13.0 Å². The van der Waals surface area contributed by atoms with Crippen molar-refractivity contribution in [1.82, 2.24) is 5.32 Å². The molecule has 0 spiro atoms. The topological polar surface area (TPSA) is 52.9 Å². The van der Waals surface area contributed by atoms with Crippen molar-refractivity contribution in [2.45, 2.75) is 51.4 Å². The predicted molar refractivity (Wildman–Crippen MR) is 66.8 cm³/mol. The first-order valence-corrected chi connectivity index (χ1v) is 6.38. The highest BCUT2D eigenvalue weighted by Gasteiger charge is 2.38. The van der Waals surface area contributed by atoms with E-state index in [-0.39, 0.29) is 5.91 Å². The molecule has 0 radical (unpaired) electrons. The number of nitrogens with zero attached hydrogens (tertiary/aromatic N) is 1. The van der Waals surface area contributed by atoms with Crippen LogP contribution < -0.4 is 5.32 Å². The molecule has 0 aliphatic heterocycles. The lowest BCUT2D eigenvalue weighted by molar-refractivity contribution is -0.128. The standard InChI is InChI=1S/C14H20N2O/c1-2-3-8-11-16-13(17)14(12-15)9-6-4-5-7-10-14/h1H,3-11H2,(H,16,17). The lowest BCUT2D eigenvalue weighted by Gasteiger charge is -2.23. The van der Waals surface area contributed by atoms with Gasteiger partial charge in [-0.15, -0.1) is 12.3 Å². The molecule has 0 unspecified atom stereocenters. The fourth-order valence-electron chi connectivity index (χ4n) is 2.28. The van der Waals surface area contributed by atoms with Gasteiger partial charge in [0.25, 0.3) is 0 Å². The molecule has 1 aliphatic carbocycles. The third kappa shape index (κ3) is 3.79. The first kappa shape index (κ1) is 13.6. The van der Waals surface area contributed by atoms with Gasteiger partial charge in [0.05, 0.1) is 6.07 Å². The minimum atomic E-state index is -0.785. The van der Waals surface area contributed by atoms with Crippen molar-refractivity contribution in [3.63, 3.8) is 0 Å². The largest absolute Gasteiger partial charge is 0.355 e. The van der Waals surface area contributed by atoms with Gasteiger partial charge < -0.3 is 5.32 Å². The zero-order valence-corrected chi connectivity index (χ0v) is 10.3. The number of terminal acetylenes is 1. The zero-order chi connectivity index (χ0) is 12.6. The number of unbranched alkanes of at least 4 members (excludes halogenated alkanes) is 1. The van der Waals surface area contributed by atoms with Crippen molar-refractivity contribution >= 4 is 5.91 Å². The van der Waals surface area contributed by atoms with E-state index in [2.05, 4.69) is 17.3 Å². The summed E-state index contributed by atoms with van der Waals surface area (Å²) in [7, 11) is 0. The maximum Gasteiger partial charge on any atom is 0.240 e. The number of nitriles is 1. The monoisotopic (exact) mass is 232 g/mol. The lowest BCUT2D eigenvalue weighted by atomic mass is 9.81. The Morgan fingerprint density at radius 3 is 2.47 bits per heavy atom. The van der Waals surface area contributed by atoms with E-state index in [4.69, 9.17) is 6.42 Å². The molecule has 3 nitrogen and oxygen atoms in total. The number of carbonyl (C=O) groups excluding carboxylic acids is 1. The van der Waals surface area contributed by atoms with Gasteiger partial charge in [-0.3, -0.25) is 4.79 Å². The molecule has 3 heteroatoms. The summed E-state index contributed by atoms with van der Waals surface area (Å²) in [5.41, 5.74) is -0.785. The van der Waals surface area contributed by atoms with Crippen molar-refractivity contribution < 1.29 is 4.79 Å². The molecule has 1 aliphatic rings. The summed E-state index contributed by atoms with van der Waals surface area (Å²) in [4.78, 5) is 12.1. The minimum absolute atomic E-state index is 0.0982. The first-order valence-electron chi connectivity index (χ1n) is 6.38. The quantitative estimate of drug-likeness (QED) is 0.459. The van der Waals surface area contributed by atoms with Crippen molar-refractivity contribution in [2.24, 2.45) is 5.41 Å². The van der Waals surface area contributed by atoms with Gasteiger partial charge in [-0.2, -0.15) is 5.26 Å². The number of rotatable bonds is 4. The van der Waals surface area contributed by atoms with Crippen LogP contribution in [0.5, 0.6) is 0 Å². The smallest absolute Gasteiger partial charge is 0.240 e. The van der Waals surface area contributed by atoms with Gasteiger partial charge in [0.1, 0.15) is 5.41 Å². The summed E-state index contributed by atoms with van der Waals surface area (Å²) in [5, 5.41) is 12.1. The Morgan fingerprint density at radius 1 is 1.29 bits per heavy atom. The second kappa shape index (κ2) is 6.97. The van der Waals surface area contributed by atoms with Gasteiger partial charge >= 0.3 is 0 Å². The van der Waals surface area contributed by atoms with Gasteiger partial charge in [-0.1, -0.05) is 25.7 Å². The molecule has 1 fully saturated rings. The van der Waals surface area contributed by atoms with Crippen LogP contribution in [0.15, 0.2) is 0 Å². The summed E-state index contributed by atoms with van der Waals surface area (Å²) < 4.78 is 0. The number of nitrogens with one attached hydrogen (secondary N) is 1. The molecule has 0 aromatic rings. The normalized spacial score (nSPS) is 18.5. The van der Waals surface area contributed by atoms with E-state index in [0.717, 1.165) is 32.1 Å². The summed E-state index contributed by atoms with van der Waals surface area (Å²) in [6, 6.07) is 2.25. The molecular formula is C14H20N2O. The molecule has 0 bridgehead atoms. The third-order valence-electron chi connectivity index (χ3n) is 3.39. The zero-order valence-electron chi connectivity index (χ0n) is 10.3. The van der Waals surface area contributed by atoms with Crippen molar-refractivity contribution in [2.75, 3.05) is 6.54 Å². The van der Waals surface area contributed by atoms with Crippen LogP contribution in [0.1, 0.15) is 51.4 Å². The highest BCUT2D eigenvalue weighted by atomic mass is 16.2. The van der Waals surface area contributed by atoms with E-state index in [1.54, 1.807) is 0 Å². The van der Waals surface area contributed by atoms with Crippen LogP contribution in [0.3, 0.4) is 0 Å². The van der Waals surface area contributed by atoms with Crippen LogP contribution in [-0.4, -0.2) is 12.5 Å². The first-order chi connectivity index (χ1) is 8.25. The van der Waals surface area contributed by atoms with Gasteiger partial charge in [0.2, 0.25) is 5.91 Å². The maximum atomic E-state index is 12.1. The van der Waals surface area contributed by atoms with Crippen molar-refractivity contribution in [3.05, 3.63) is 0 Å². The Balaban J connectivity index is 2.51. The molecule has 1 rings (SSSR count). The molecule has 1 amide bonds. The highest BCUT2D eigenvalue weighted by molar-refractivity contribution is 5.85. The Hall–Kier alpha value is -1.48. The number of hydrogen-bond acceptors (Lipinski definition) is 2. The van der Waals surface area contributed by atoms with E-state index in [1.165, 1.54) is 0 Å². The van der Waals surface area contributed by atoms with Crippen LogP contribution in [0, 0.1) is 29.1 Å². The number of amides is 1. The number of hydrogen-bond donors (Lipinski definition) is 1. The van der Waals surface area contributed by atoms with Gasteiger partial charge in [-0.25, -0.2) is 0 Å². The van der Waals surface area contributed by atoms with Crippen LogP contribution >= 0.6 is 0 Å². The molecule has 92 valence electrons. The van der Waals surface area contributed by atoms with Crippen LogP contribution in [0.2, 0.25) is 0 Å². The molecule has 0 saturated heterocycles. The van der Waals surface area contributed by atoms with Gasteiger partial charge in [0.15, 0.2) is 0 Å². The second-order valence-corrected chi connectivity index (χ2v) is 4.67. The van der Waals surface area contributed by atoms with Crippen LogP contribution in [-0.2, 0) is 4.79 Å². The highest BCUT2D eigenvalue weighted by Crippen LogP contribution is 2.34. The molecule has 0 aromatic carbocycles. The number of carbonyl (C=O) groups is 1. The van der Waals surface area contributed by atoms with Crippen LogP contribution in [0.25, 0.3) is 0 Å². The van der Waals surface area contributed by atoms with Crippen molar-refractivity contribution in [3.8, 4) is 18.4 Å². The molecule has 1 saturated carbocycles. The maximum absolute atomic E-state index is 12.1. The summed E-state index contributed by atoms with van der Waals surface area (Å²) in [5.74, 6) is 2.44. The Bertz CT molecular complexity index is 327. The molecule has 0 aromatic heterocycles. The van der Waals surface area contributed by atoms with E-state index in [0.29, 0.717) is 25.8 Å². The Kier molecular flexibility index (Phi) is 5.57. The fraction of sp³-hybridized carbons (Fsp3) is 0.714.